The van der Waals surface area contributed by atoms with Crippen LogP contribution < -0.4 is 5.56 Å². The van der Waals surface area contributed by atoms with Crippen molar-refractivity contribution in [2.45, 2.75) is 18.9 Å². The Balaban J connectivity index is 1.40. The number of nitrogens with zero attached hydrogens (tertiary/aromatic N) is 4. The van der Waals surface area contributed by atoms with Crippen LogP contribution >= 0.6 is 0 Å². The molecule has 0 unspecified atom stereocenters. The minimum Gasteiger partial charge on any atom is -0.448 e. The van der Waals surface area contributed by atoms with Gasteiger partial charge in [0, 0.05) is 49.1 Å². The summed E-state index contributed by atoms with van der Waals surface area (Å²) in [5.41, 5.74) is 2.53. The van der Waals surface area contributed by atoms with Gasteiger partial charge in [0.25, 0.3) is 5.56 Å². The summed E-state index contributed by atoms with van der Waals surface area (Å²) >= 11 is 0. The largest absolute Gasteiger partial charge is 0.448 e. The molecule has 8 nitrogen and oxygen atoms in total. The Kier molecular flexibility index (Phi) is 4.34. The average molecular weight is 394 g/mol. The van der Waals surface area contributed by atoms with E-state index in [9.17, 15) is 14.4 Å². The molecule has 2 saturated heterocycles. The van der Waals surface area contributed by atoms with Crippen LogP contribution in [0.15, 0.2) is 41.3 Å². The third-order valence-corrected chi connectivity index (χ3v) is 6.04. The first-order chi connectivity index (χ1) is 14.1. The minimum absolute atomic E-state index is 0.0163. The van der Waals surface area contributed by atoms with Gasteiger partial charge in [-0.05, 0) is 30.5 Å². The minimum atomic E-state index is -0.424. The van der Waals surface area contributed by atoms with Crippen LogP contribution in [0.3, 0.4) is 0 Å². The van der Waals surface area contributed by atoms with Gasteiger partial charge in [-0.2, -0.15) is 0 Å². The second-order valence-corrected chi connectivity index (χ2v) is 7.97. The molecule has 3 aliphatic rings. The number of fused-ring (bicyclic) bond motifs is 4. The highest BCUT2D eigenvalue weighted by Crippen LogP contribution is 2.36. The van der Waals surface area contributed by atoms with E-state index in [0.717, 1.165) is 23.4 Å². The maximum absolute atomic E-state index is 12.8. The van der Waals surface area contributed by atoms with Gasteiger partial charge in [-0.25, -0.2) is 4.79 Å². The second-order valence-electron chi connectivity index (χ2n) is 7.97. The molecule has 0 aromatic carbocycles. The predicted molar refractivity (Wildman–Crippen MR) is 104 cm³/mol. The standard InChI is InChI=1S/C21H22N4O4/c26-19-9-15(17-3-1-2-4-22-17)8-18-16-7-14(11-25(18)19)10-24(12-16)20(27)13-23-5-6-29-21(23)28/h1-4,8-9,14,16H,5-7,10-13H2/t14-,16+/m0/s1. The normalized spacial score (nSPS) is 23.0. The highest BCUT2D eigenvalue weighted by atomic mass is 16.6. The molecule has 5 heterocycles. The number of hydrogen-bond acceptors (Lipinski definition) is 5. The molecule has 150 valence electrons. The van der Waals surface area contributed by atoms with Crippen LogP contribution in [0.1, 0.15) is 18.0 Å². The summed E-state index contributed by atoms with van der Waals surface area (Å²) in [6.07, 6.45) is 2.25. The fraction of sp³-hybridized carbons (Fsp3) is 0.429. The van der Waals surface area contributed by atoms with Gasteiger partial charge in [0.1, 0.15) is 13.2 Å². The van der Waals surface area contributed by atoms with Crippen molar-refractivity contribution in [3.8, 4) is 11.3 Å². The van der Waals surface area contributed by atoms with E-state index in [-0.39, 0.29) is 29.8 Å². The van der Waals surface area contributed by atoms with E-state index in [4.69, 9.17) is 4.74 Å². The van der Waals surface area contributed by atoms with Crippen molar-refractivity contribution in [1.29, 1.82) is 0 Å². The third kappa shape index (κ3) is 3.28. The smallest absolute Gasteiger partial charge is 0.410 e. The van der Waals surface area contributed by atoms with Crippen LogP contribution in [0.5, 0.6) is 0 Å². The molecule has 0 N–H and O–H groups in total. The fourth-order valence-corrected chi connectivity index (χ4v) is 4.68. The van der Waals surface area contributed by atoms with Crippen molar-refractivity contribution in [2.24, 2.45) is 5.92 Å². The van der Waals surface area contributed by atoms with E-state index in [1.807, 2.05) is 33.7 Å². The number of ether oxygens (including phenoxy) is 1. The van der Waals surface area contributed by atoms with E-state index in [1.165, 1.54) is 4.90 Å². The quantitative estimate of drug-likeness (QED) is 0.784. The van der Waals surface area contributed by atoms with Crippen LogP contribution in [0.4, 0.5) is 4.79 Å². The van der Waals surface area contributed by atoms with Gasteiger partial charge in [-0.1, -0.05) is 6.07 Å². The van der Waals surface area contributed by atoms with Crippen LogP contribution in [-0.4, -0.2) is 64.1 Å². The lowest BCUT2D eigenvalue weighted by Crippen LogP contribution is -2.51. The fourth-order valence-electron chi connectivity index (χ4n) is 4.68. The lowest BCUT2D eigenvalue weighted by Gasteiger charge is -2.43. The average Bonchev–Trinajstić information content (AvgIpc) is 3.13. The van der Waals surface area contributed by atoms with E-state index in [1.54, 1.807) is 12.3 Å². The molecule has 8 heteroatoms. The number of pyridine rings is 2. The molecular weight excluding hydrogens is 372 g/mol. The monoisotopic (exact) mass is 394 g/mol. The number of piperidine rings is 1. The Labute approximate surface area is 167 Å². The van der Waals surface area contributed by atoms with Gasteiger partial charge >= 0.3 is 6.09 Å². The highest BCUT2D eigenvalue weighted by Gasteiger charge is 2.37. The summed E-state index contributed by atoms with van der Waals surface area (Å²) in [5.74, 6) is 0.290. The number of carbonyl (C=O) groups is 2. The molecule has 0 saturated carbocycles. The third-order valence-electron chi connectivity index (χ3n) is 6.04. The summed E-state index contributed by atoms with van der Waals surface area (Å²) in [5, 5.41) is 0. The number of cyclic esters (lactones) is 1. The molecule has 5 rings (SSSR count). The van der Waals surface area contributed by atoms with Crippen molar-refractivity contribution < 1.29 is 14.3 Å². The van der Waals surface area contributed by atoms with Crippen LogP contribution in [0.2, 0.25) is 0 Å². The van der Waals surface area contributed by atoms with E-state index >= 15 is 0 Å². The van der Waals surface area contributed by atoms with Crippen LogP contribution in [-0.2, 0) is 16.1 Å². The maximum atomic E-state index is 12.8. The van der Waals surface area contributed by atoms with Crippen molar-refractivity contribution in [3.05, 3.63) is 52.6 Å². The number of hydrogen-bond donors (Lipinski definition) is 0. The summed E-state index contributed by atoms with van der Waals surface area (Å²) in [6.45, 7) is 2.64. The zero-order valence-corrected chi connectivity index (χ0v) is 16.0. The Hall–Kier alpha value is -3.16. The molecule has 0 aliphatic carbocycles. The molecule has 2 amide bonds. The summed E-state index contributed by atoms with van der Waals surface area (Å²) in [4.78, 5) is 44.9. The zero-order valence-electron chi connectivity index (χ0n) is 16.0. The Morgan fingerprint density at radius 2 is 2.07 bits per heavy atom. The first-order valence-corrected chi connectivity index (χ1v) is 9.94. The number of carbonyl (C=O) groups excluding carboxylic acids is 2. The Morgan fingerprint density at radius 1 is 1.17 bits per heavy atom. The Morgan fingerprint density at radius 3 is 2.83 bits per heavy atom. The number of aromatic nitrogens is 2. The van der Waals surface area contributed by atoms with Gasteiger partial charge in [-0.3, -0.25) is 19.5 Å². The van der Waals surface area contributed by atoms with E-state index < -0.39 is 6.09 Å². The molecule has 2 aromatic heterocycles. The molecule has 0 radical (unpaired) electrons. The van der Waals surface area contributed by atoms with Crippen LogP contribution in [0, 0.1) is 5.92 Å². The lowest BCUT2D eigenvalue weighted by atomic mass is 9.82. The highest BCUT2D eigenvalue weighted by molar-refractivity contribution is 5.83. The van der Waals surface area contributed by atoms with Gasteiger partial charge in [-0.15, -0.1) is 0 Å². The molecule has 0 spiro atoms. The van der Waals surface area contributed by atoms with Crippen molar-refractivity contribution in [1.82, 2.24) is 19.4 Å². The SMILES string of the molecule is O=C(CN1CCOC1=O)N1C[C@@H]2C[C@H](C1)c1cc(-c3ccccn3)cc(=O)n1C2. The number of likely N-dealkylation sites (tertiary alicyclic amines) is 1. The molecule has 2 fully saturated rings. The Bertz CT molecular complexity index is 1020. The predicted octanol–water partition coefficient (Wildman–Crippen LogP) is 1.31. The van der Waals surface area contributed by atoms with Gasteiger partial charge in [0.15, 0.2) is 0 Å². The second kappa shape index (κ2) is 7.02. The molecular formula is C21H22N4O4. The molecule has 3 aliphatic heterocycles. The summed E-state index contributed by atoms with van der Waals surface area (Å²) in [7, 11) is 0. The molecule has 2 aromatic rings. The lowest BCUT2D eigenvalue weighted by molar-refractivity contribution is -0.134. The van der Waals surface area contributed by atoms with Crippen molar-refractivity contribution in [3.63, 3.8) is 0 Å². The maximum Gasteiger partial charge on any atom is 0.410 e. The van der Waals surface area contributed by atoms with Crippen LogP contribution in [0.25, 0.3) is 11.3 Å². The number of amides is 2. The molecule has 2 atom stereocenters. The van der Waals surface area contributed by atoms with E-state index in [2.05, 4.69) is 4.98 Å². The summed E-state index contributed by atoms with van der Waals surface area (Å²) in [6, 6.07) is 9.33. The summed E-state index contributed by atoms with van der Waals surface area (Å²) < 4.78 is 6.77. The van der Waals surface area contributed by atoms with Gasteiger partial charge < -0.3 is 14.2 Å². The van der Waals surface area contributed by atoms with E-state index in [0.29, 0.717) is 32.8 Å². The first kappa shape index (κ1) is 17.9. The first-order valence-electron chi connectivity index (χ1n) is 9.94. The zero-order chi connectivity index (χ0) is 20.0. The van der Waals surface area contributed by atoms with Gasteiger partial charge in [0.2, 0.25) is 5.91 Å². The molecule has 29 heavy (non-hydrogen) atoms. The van der Waals surface area contributed by atoms with Crippen molar-refractivity contribution in [2.75, 3.05) is 32.8 Å². The topological polar surface area (TPSA) is 84.7 Å². The van der Waals surface area contributed by atoms with Crippen molar-refractivity contribution >= 4 is 12.0 Å². The van der Waals surface area contributed by atoms with Gasteiger partial charge in [0.05, 0.1) is 12.2 Å². The number of rotatable bonds is 3. The molecule has 2 bridgehead atoms.